The molecule has 1 heterocycles. The van der Waals surface area contributed by atoms with Gasteiger partial charge in [-0.15, -0.1) is 22.9 Å². The molecule has 0 aliphatic rings. The predicted molar refractivity (Wildman–Crippen MR) is 77.0 cm³/mol. The van der Waals surface area contributed by atoms with E-state index in [-0.39, 0.29) is 11.2 Å². The summed E-state index contributed by atoms with van der Waals surface area (Å²) in [5.74, 6) is -0.185. The van der Waals surface area contributed by atoms with Crippen LogP contribution in [0.3, 0.4) is 0 Å². The van der Waals surface area contributed by atoms with Gasteiger partial charge in [-0.2, -0.15) is 0 Å². The van der Waals surface area contributed by atoms with Gasteiger partial charge in [-0.3, -0.25) is 0 Å². The van der Waals surface area contributed by atoms with Gasteiger partial charge in [-0.1, -0.05) is 18.2 Å². The Bertz CT molecular complexity index is 467. The molecule has 0 aliphatic carbocycles. The number of rotatable bonds is 6. The first-order valence-corrected chi connectivity index (χ1v) is 7.46. The van der Waals surface area contributed by atoms with Crippen LogP contribution < -0.4 is 0 Å². The smallest absolute Gasteiger partial charge is 0.123 e. The molecule has 0 bridgehead atoms. The molecule has 18 heavy (non-hydrogen) atoms. The van der Waals surface area contributed by atoms with Crippen molar-refractivity contribution in [3.05, 3.63) is 58.0 Å². The van der Waals surface area contributed by atoms with Gasteiger partial charge in [0.25, 0.3) is 0 Å². The minimum atomic E-state index is -0.185. The summed E-state index contributed by atoms with van der Waals surface area (Å²) in [4.78, 5) is 1.41. The largest absolute Gasteiger partial charge is 0.207 e. The maximum absolute atomic E-state index is 13.0. The Kier molecular flexibility index (Phi) is 5.21. The third kappa shape index (κ3) is 4.43. The Morgan fingerprint density at radius 2 is 2.11 bits per heavy atom. The van der Waals surface area contributed by atoms with Gasteiger partial charge >= 0.3 is 0 Å². The van der Waals surface area contributed by atoms with E-state index in [1.807, 2.05) is 6.07 Å². The average Bonchev–Trinajstić information content (AvgIpc) is 2.82. The Morgan fingerprint density at radius 3 is 2.83 bits per heavy atom. The lowest BCUT2D eigenvalue weighted by atomic mass is 10.1. The second-order valence-corrected chi connectivity index (χ2v) is 6.05. The lowest BCUT2D eigenvalue weighted by Crippen LogP contribution is -2.04. The molecule has 96 valence electrons. The highest BCUT2D eigenvalue weighted by atomic mass is 35.5. The summed E-state index contributed by atoms with van der Waals surface area (Å²) < 4.78 is 13.0. The molecule has 0 amide bonds. The van der Waals surface area contributed by atoms with Crippen molar-refractivity contribution in [1.29, 1.82) is 0 Å². The normalized spacial score (nSPS) is 12.6. The van der Waals surface area contributed by atoms with Crippen LogP contribution in [0.1, 0.15) is 23.3 Å². The van der Waals surface area contributed by atoms with Gasteiger partial charge < -0.3 is 0 Å². The first-order valence-electron chi connectivity index (χ1n) is 6.15. The van der Waals surface area contributed by atoms with Crippen molar-refractivity contribution >= 4 is 22.9 Å². The van der Waals surface area contributed by atoms with Gasteiger partial charge in [-0.05, 0) is 54.8 Å². The first kappa shape index (κ1) is 13.6. The molecule has 0 nitrogen and oxygen atoms in total. The van der Waals surface area contributed by atoms with Crippen LogP contribution in [0.2, 0.25) is 0 Å². The minimum absolute atomic E-state index is 0.0896. The van der Waals surface area contributed by atoms with E-state index in [0.717, 1.165) is 31.2 Å². The Morgan fingerprint density at radius 1 is 1.22 bits per heavy atom. The fourth-order valence-corrected chi connectivity index (χ4v) is 3.06. The highest BCUT2D eigenvalue weighted by molar-refractivity contribution is 7.09. The summed E-state index contributed by atoms with van der Waals surface area (Å²) in [5, 5.41) is 2.19. The lowest BCUT2D eigenvalue weighted by molar-refractivity contribution is 0.622. The fraction of sp³-hybridized carbons (Fsp3) is 0.333. The highest BCUT2D eigenvalue weighted by Gasteiger charge is 2.07. The highest BCUT2D eigenvalue weighted by Crippen LogP contribution is 2.17. The molecule has 2 aromatic rings. The molecule has 1 aromatic carbocycles. The van der Waals surface area contributed by atoms with Crippen molar-refractivity contribution < 1.29 is 4.39 Å². The van der Waals surface area contributed by atoms with Crippen LogP contribution in [0.15, 0.2) is 41.8 Å². The van der Waals surface area contributed by atoms with Crippen molar-refractivity contribution in [2.75, 3.05) is 0 Å². The van der Waals surface area contributed by atoms with Crippen LogP contribution in [0, 0.1) is 5.82 Å². The topological polar surface area (TPSA) is 0 Å². The van der Waals surface area contributed by atoms with Gasteiger partial charge in [0.2, 0.25) is 0 Å². The first-order chi connectivity index (χ1) is 8.74. The average molecular weight is 283 g/mol. The van der Waals surface area contributed by atoms with Crippen LogP contribution >= 0.6 is 22.9 Å². The third-order valence-electron chi connectivity index (χ3n) is 2.87. The third-order valence-corrected chi connectivity index (χ3v) is 4.18. The van der Waals surface area contributed by atoms with E-state index in [0.29, 0.717) is 0 Å². The predicted octanol–water partition coefficient (Wildman–Crippen LogP) is 5.06. The Hall–Kier alpha value is -0.860. The number of hydrogen-bond acceptors (Lipinski definition) is 1. The minimum Gasteiger partial charge on any atom is -0.207 e. The van der Waals surface area contributed by atoms with E-state index in [1.165, 1.54) is 10.9 Å². The standard InChI is InChI=1S/C15H16ClFS/c16-13(5-2-7-15-8-3-9-18-15)10-12-4-1-6-14(17)11-12/h1,3-4,6,8-9,11,13H,2,5,7,10H2. The van der Waals surface area contributed by atoms with Crippen LogP contribution in [0.25, 0.3) is 0 Å². The molecule has 1 aromatic heterocycles. The monoisotopic (exact) mass is 282 g/mol. The second-order valence-electron chi connectivity index (χ2n) is 4.40. The summed E-state index contributed by atoms with van der Waals surface area (Å²) in [6.07, 6.45) is 3.88. The second kappa shape index (κ2) is 6.91. The number of aryl methyl sites for hydroxylation is 1. The molecule has 3 heteroatoms. The van der Waals surface area contributed by atoms with Gasteiger partial charge in [0.15, 0.2) is 0 Å². The summed E-state index contributed by atoms with van der Waals surface area (Å²) in [7, 11) is 0. The van der Waals surface area contributed by atoms with Crippen LogP contribution in [0.5, 0.6) is 0 Å². The van der Waals surface area contributed by atoms with Gasteiger partial charge in [-0.25, -0.2) is 4.39 Å². The van der Waals surface area contributed by atoms with Crippen molar-refractivity contribution in [1.82, 2.24) is 0 Å². The molecule has 1 unspecified atom stereocenters. The maximum atomic E-state index is 13.0. The zero-order valence-corrected chi connectivity index (χ0v) is 11.7. The number of thiophene rings is 1. The Balaban J connectivity index is 1.73. The van der Waals surface area contributed by atoms with Crippen molar-refractivity contribution in [3.63, 3.8) is 0 Å². The molecule has 0 fully saturated rings. The number of halogens is 2. The molecule has 0 saturated heterocycles. The zero-order chi connectivity index (χ0) is 12.8. The summed E-state index contributed by atoms with van der Waals surface area (Å²) in [6, 6.07) is 10.9. The van der Waals surface area contributed by atoms with E-state index < -0.39 is 0 Å². The van der Waals surface area contributed by atoms with Crippen LogP contribution in [-0.4, -0.2) is 5.38 Å². The summed E-state index contributed by atoms with van der Waals surface area (Å²) in [6.45, 7) is 0. The van der Waals surface area contributed by atoms with Gasteiger partial charge in [0.05, 0.1) is 0 Å². The summed E-state index contributed by atoms with van der Waals surface area (Å²) >= 11 is 8.08. The van der Waals surface area contributed by atoms with E-state index in [9.17, 15) is 4.39 Å². The van der Waals surface area contributed by atoms with E-state index in [2.05, 4.69) is 17.5 Å². The SMILES string of the molecule is Fc1cccc(CC(Cl)CCCc2cccs2)c1. The van der Waals surface area contributed by atoms with E-state index >= 15 is 0 Å². The molecule has 0 radical (unpaired) electrons. The number of benzene rings is 1. The number of alkyl halides is 1. The van der Waals surface area contributed by atoms with Crippen molar-refractivity contribution in [2.45, 2.75) is 31.1 Å². The molecule has 1 atom stereocenters. The molecule has 0 N–H and O–H groups in total. The summed E-state index contributed by atoms with van der Waals surface area (Å²) in [5.41, 5.74) is 0.978. The molecule has 0 aliphatic heterocycles. The lowest BCUT2D eigenvalue weighted by Gasteiger charge is -2.09. The van der Waals surface area contributed by atoms with Gasteiger partial charge in [0, 0.05) is 10.3 Å². The quantitative estimate of drug-likeness (QED) is 0.650. The van der Waals surface area contributed by atoms with E-state index in [1.54, 1.807) is 23.5 Å². The molecule has 0 saturated carbocycles. The number of hydrogen-bond donors (Lipinski definition) is 0. The molecular weight excluding hydrogens is 267 g/mol. The van der Waals surface area contributed by atoms with Crippen molar-refractivity contribution in [2.24, 2.45) is 0 Å². The molecule has 0 spiro atoms. The Labute approximate surface area is 116 Å². The van der Waals surface area contributed by atoms with Crippen LogP contribution in [0.4, 0.5) is 4.39 Å². The van der Waals surface area contributed by atoms with Gasteiger partial charge in [0.1, 0.15) is 5.82 Å². The van der Waals surface area contributed by atoms with E-state index in [4.69, 9.17) is 11.6 Å². The zero-order valence-electron chi connectivity index (χ0n) is 10.1. The van der Waals surface area contributed by atoms with Crippen molar-refractivity contribution in [3.8, 4) is 0 Å². The maximum Gasteiger partial charge on any atom is 0.123 e. The molecular formula is C15H16ClFS. The fourth-order valence-electron chi connectivity index (χ4n) is 1.97. The molecule has 2 rings (SSSR count). The van der Waals surface area contributed by atoms with Crippen LogP contribution in [-0.2, 0) is 12.8 Å².